The molecular weight excluding hydrogens is 470 g/mol. The molecule has 3 aromatic rings. The molecule has 0 radical (unpaired) electrons. The Kier molecular flexibility index (Phi) is 7.69. The van der Waals surface area contributed by atoms with Gasteiger partial charge >= 0.3 is 6.18 Å². The van der Waals surface area contributed by atoms with E-state index in [2.05, 4.69) is 16.0 Å². The number of hydrogen-bond donors (Lipinski definition) is 3. The molecule has 0 aliphatic heterocycles. The summed E-state index contributed by atoms with van der Waals surface area (Å²) in [5.41, 5.74) is -0.591. The van der Waals surface area contributed by atoms with E-state index in [1.165, 1.54) is 55.5 Å². The molecule has 0 unspecified atom stereocenters. The van der Waals surface area contributed by atoms with E-state index in [4.69, 9.17) is 4.74 Å². The first-order valence-corrected chi connectivity index (χ1v) is 10.1. The number of nitrogens with one attached hydrogen (secondary N) is 3. The second kappa shape index (κ2) is 10.7. The quantitative estimate of drug-likeness (QED) is 0.404. The van der Waals surface area contributed by atoms with Crippen molar-refractivity contribution in [2.75, 3.05) is 22.6 Å². The third-order valence-corrected chi connectivity index (χ3v) is 4.50. The molecule has 0 fully saturated rings. The summed E-state index contributed by atoms with van der Waals surface area (Å²) in [6, 6.07) is 13.5. The summed E-state index contributed by atoms with van der Waals surface area (Å²) < 4.78 is 57.6. The summed E-state index contributed by atoms with van der Waals surface area (Å²) in [7, 11) is 0. The fourth-order valence-corrected chi connectivity index (χ4v) is 2.92. The standard InChI is InChI=1S/C24H19F4N3O4/c1-14(32)29-18-7-10-20(25)21(12-18)31-23(34)15-5-8-19(9-6-15)35-13-22(33)30-17-4-2-3-16(11-17)24(26,27)28/h2-12H,13H2,1H3,(H,29,32)(H,30,33)(H,31,34). The third-order valence-electron chi connectivity index (χ3n) is 4.50. The molecule has 0 bridgehead atoms. The molecule has 0 aromatic heterocycles. The average molecular weight is 489 g/mol. The molecule has 35 heavy (non-hydrogen) atoms. The maximum Gasteiger partial charge on any atom is 0.416 e. The van der Waals surface area contributed by atoms with Crippen molar-refractivity contribution in [2.45, 2.75) is 13.1 Å². The first-order chi connectivity index (χ1) is 16.5. The van der Waals surface area contributed by atoms with Gasteiger partial charge in [0.2, 0.25) is 5.91 Å². The number of halogens is 4. The molecule has 0 atom stereocenters. The van der Waals surface area contributed by atoms with Gasteiger partial charge in [-0.3, -0.25) is 14.4 Å². The number of hydrogen-bond acceptors (Lipinski definition) is 4. The summed E-state index contributed by atoms with van der Waals surface area (Å²) in [4.78, 5) is 35.6. The number of anilines is 3. The fourth-order valence-electron chi connectivity index (χ4n) is 2.92. The molecule has 3 aromatic carbocycles. The molecule has 3 rings (SSSR count). The smallest absolute Gasteiger partial charge is 0.416 e. The van der Waals surface area contributed by atoms with Crippen LogP contribution in [0.4, 0.5) is 34.6 Å². The van der Waals surface area contributed by atoms with Crippen molar-refractivity contribution >= 4 is 34.8 Å². The minimum Gasteiger partial charge on any atom is -0.484 e. The van der Waals surface area contributed by atoms with E-state index in [9.17, 15) is 31.9 Å². The zero-order valence-corrected chi connectivity index (χ0v) is 18.2. The molecular formula is C24H19F4N3O4. The first kappa shape index (κ1) is 25.2. The zero-order chi connectivity index (χ0) is 25.6. The largest absolute Gasteiger partial charge is 0.484 e. The fraction of sp³-hybridized carbons (Fsp3) is 0.125. The van der Waals surface area contributed by atoms with Crippen molar-refractivity contribution in [1.82, 2.24) is 0 Å². The highest BCUT2D eigenvalue weighted by Gasteiger charge is 2.30. The number of amides is 3. The van der Waals surface area contributed by atoms with Crippen LogP contribution in [0.15, 0.2) is 66.7 Å². The van der Waals surface area contributed by atoms with E-state index < -0.39 is 36.0 Å². The van der Waals surface area contributed by atoms with Gasteiger partial charge in [-0.15, -0.1) is 0 Å². The minimum atomic E-state index is -4.54. The monoisotopic (exact) mass is 489 g/mol. The molecule has 0 aliphatic rings. The van der Waals surface area contributed by atoms with Gasteiger partial charge in [0, 0.05) is 23.9 Å². The molecule has 7 nitrogen and oxygen atoms in total. The molecule has 0 saturated heterocycles. The summed E-state index contributed by atoms with van der Waals surface area (Å²) >= 11 is 0. The lowest BCUT2D eigenvalue weighted by Gasteiger charge is -2.11. The Morgan fingerprint density at radius 3 is 2.20 bits per heavy atom. The van der Waals surface area contributed by atoms with E-state index >= 15 is 0 Å². The second-order valence-corrected chi connectivity index (χ2v) is 7.27. The van der Waals surface area contributed by atoms with Crippen molar-refractivity contribution in [2.24, 2.45) is 0 Å². The maximum absolute atomic E-state index is 14.0. The Hall–Kier alpha value is -4.41. The highest BCUT2D eigenvalue weighted by Crippen LogP contribution is 2.30. The number of benzene rings is 3. The van der Waals surface area contributed by atoms with Gasteiger partial charge in [-0.05, 0) is 60.7 Å². The summed E-state index contributed by atoms with van der Waals surface area (Å²) in [6.07, 6.45) is -4.54. The average Bonchev–Trinajstić information content (AvgIpc) is 2.79. The highest BCUT2D eigenvalue weighted by molar-refractivity contribution is 6.04. The Balaban J connectivity index is 1.56. The van der Waals surface area contributed by atoms with Gasteiger partial charge in [-0.1, -0.05) is 6.07 Å². The topological polar surface area (TPSA) is 96.5 Å². The minimum absolute atomic E-state index is 0.0322. The summed E-state index contributed by atoms with van der Waals surface area (Å²) in [6.45, 7) is 0.809. The second-order valence-electron chi connectivity index (χ2n) is 7.27. The first-order valence-electron chi connectivity index (χ1n) is 10.1. The number of ether oxygens (including phenoxy) is 1. The van der Waals surface area contributed by atoms with E-state index in [-0.39, 0.29) is 28.6 Å². The van der Waals surface area contributed by atoms with Crippen molar-refractivity contribution < 1.29 is 36.7 Å². The highest BCUT2D eigenvalue weighted by atomic mass is 19.4. The van der Waals surface area contributed by atoms with E-state index in [0.717, 1.165) is 18.2 Å². The molecule has 182 valence electrons. The van der Waals surface area contributed by atoms with Crippen LogP contribution < -0.4 is 20.7 Å². The van der Waals surface area contributed by atoms with Crippen LogP contribution in [-0.2, 0) is 15.8 Å². The van der Waals surface area contributed by atoms with Crippen molar-refractivity contribution in [3.63, 3.8) is 0 Å². The molecule has 3 N–H and O–H groups in total. The molecule has 0 heterocycles. The van der Waals surface area contributed by atoms with Gasteiger partial charge < -0.3 is 20.7 Å². The lowest BCUT2D eigenvalue weighted by Crippen LogP contribution is -2.20. The van der Waals surface area contributed by atoms with Gasteiger partial charge in [-0.2, -0.15) is 13.2 Å². The van der Waals surface area contributed by atoms with Gasteiger partial charge in [0.05, 0.1) is 11.3 Å². The molecule has 3 amide bonds. The Morgan fingerprint density at radius 1 is 0.857 bits per heavy atom. The number of rotatable bonds is 7. The number of carbonyl (C=O) groups excluding carboxylic acids is 3. The van der Waals surface area contributed by atoms with E-state index in [1.807, 2.05) is 0 Å². The van der Waals surface area contributed by atoms with Crippen LogP contribution in [0.3, 0.4) is 0 Å². The predicted octanol–water partition coefficient (Wildman–Crippen LogP) is 5.07. The Bertz CT molecular complexity index is 1240. The van der Waals surface area contributed by atoms with Gasteiger partial charge in [0.25, 0.3) is 11.8 Å². The van der Waals surface area contributed by atoms with Gasteiger partial charge in [0.15, 0.2) is 6.61 Å². The maximum atomic E-state index is 14.0. The summed E-state index contributed by atoms with van der Waals surface area (Å²) in [5.74, 6) is -2.13. The van der Waals surface area contributed by atoms with E-state index in [1.54, 1.807) is 0 Å². The van der Waals surface area contributed by atoms with Crippen LogP contribution >= 0.6 is 0 Å². The SMILES string of the molecule is CC(=O)Nc1ccc(F)c(NC(=O)c2ccc(OCC(=O)Nc3cccc(C(F)(F)F)c3)cc2)c1. The number of carbonyl (C=O) groups is 3. The van der Waals surface area contributed by atoms with Gasteiger partial charge in [0.1, 0.15) is 11.6 Å². The Morgan fingerprint density at radius 2 is 1.54 bits per heavy atom. The lowest BCUT2D eigenvalue weighted by molar-refractivity contribution is -0.137. The predicted molar refractivity (Wildman–Crippen MR) is 121 cm³/mol. The van der Waals surface area contributed by atoms with Crippen LogP contribution in [0.5, 0.6) is 5.75 Å². The molecule has 0 spiro atoms. The van der Waals surface area contributed by atoms with Crippen molar-refractivity contribution in [1.29, 1.82) is 0 Å². The van der Waals surface area contributed by atoms with Crippen LogP contribution in [0.1, 0.15) is 22.8 Å². The van der Waals surface area contributed by atoms with Crippen LogP contribution in [0, 0.1) is 5.82 Å². The van der Waals surface area contributed by atoms with Crippen LogP contribution in [0.2, 0.25) is 0 Å². The lowest BCUT2D eigenvalue weighted by atomic mass is 10.2. The van der Waals surface area contributed by atoms with Crippen molar-refractivity contribution in [3.8, 4) is 5.75 Å². The summed E-state index contributed by atoms with van der Waals surface area (Å²) in [5, 5.41) is 7.20. The van der Waals surface area contributed by atoms with Gasteiger partial charge in [-0.25, -0.2) is 4.39 Å². The van der Waals surface area contributed by atoms with Crippen LogP contribution in [0.25, 0.3) is 0 Å². The molecule has 11 heteroatoms. The number of alkyl halides is 3. The van der Waals surface area contributed by atoms with Crippen LogP contribution in [-0.4, -0.2) is 24.3 Å². The molecule has 0 saturated carbocycles. The van der Waals surface area contributed by atoms with E-state index in [0.29, 0.717) is 5.69 Å². The molecule has 0 aliphatic carbocycles. The van der Waals surface area contributed by atoms with Crippen molar-refractivity contribution in [3.05, 3.63) is 83.7 Å². The normalized spacial score (nSPS) is 10.9. The zero-order valence-electron chi connectivity index (χ0n) is 18.2. The Labute approximate surface area is 197 Å². The third kappa shape index (κ3) is 7.29.